The maximum absolute atomic E-state index is 11.1. The van der Waals surface area contributed by atoms with E-state index in [1.807, 2.05) is 0 Å². The van der Waals surface area contributed by atoms with Crippen LogP contribution in [-0.2, 0) is 28.7 Å². The number of rotatable bonds is 6. The topological polar surface area (TPSA) is 188 Å². The molecule has 11 nitrogen and oxygen atoms in total. The fourth-order valence-corrected chi connectivity index (χ4v) is 1.44. The minimum atomic E-state index is -1.30. The van der Waals surface area contributed by atoms with Gasteiger partial charge in [0, 0.05) is 7.11 Å². The molecule has 1 saturated heterocycles. The van der Waals surface area contributed by atoms with Crippen LogP contribution in [0.25, 0.3) is 0 Å². The number of carboxylic acids is 3. The molecule has 1 fully saturated rings. The van der Waals surface area contributed by atoms with E-state index in [2.05, 4.69) is 10.1 Å². The molecule has 11 heteroatoms. The van der Waals surface area contributed by atoms with Crippen LogP contribution in [0.5, 0.6) is 0 Å². The molecular weight excluding hydrogens is 330 g/mol. The highest BCUT2D eigenvalue weighted by molar-refractivity contribution is 5.96. The third-order valence-electron chi connectivity index (χ3n) is 2.41. The predicted molar refractivity (Wildman–Crippen MR) is 77.0 cm³/mol. The first-order valence-corrected chi connectivity index (χ1v) is 6.80. The number of nitrogens with one attached hydrogen (secondary N) is 1. The first kappa shape index (κ1) is 23.7. The van der Waals surface area contributed by atoms with E-state index in [1.165, 1.54) is 0 Å². The lowest BCUT2D eigenvalue weighted by molar-refractivity contribution is -0.163. The fourth-order valence-electron chi connectivity index (χ4n) is 1.44. The largest absolute Gasteiger partial charge is 0.481 e. The summed E-state index contributed by atoms with van der Waals surface area (Å²) in [7, 11) is 1.00. The Morgan fingerprint density at radius 3 is 1.79 bits per heavy atom. The minimum Gasteiger partial charge on any atom is -0.481 e. The van der Waals surface area contributed by atoms with E-state index in [0.29, 0.717) is 13.0 Å². The van der Waals surface area contributed by atoms with Crippen molar-refractivity contribution in [3.05, 3.63) is 0 Å². The van der Waals surface area contributed by atoms with Gasteiger partial charge in [-0.2, -0.15) is 0 Å². The quantitative estimate of drug-likeness (QED) is 0.286. The summed E-state index contributed by atoms with van der Waals surface area (Å²) in [4.78, 5) is 51.3. The van der Waals surface area contributed by atoms with Crippen LogP contribution in [0.4, 0.5) is 0 Å². The molecule has 0 aromatic carbocycles. The maximum atomic E-state index is 11.1. The molecule has 0 unspecified atom stereocenters. The van der Waals surface area contributed by atoms with Crippen LogP contribution in [0.1, 0.15) is 32.1 Å². The highest BCUT2D eigenvalue weighted by Gasteiger charge is 2.26. The summed E-state index contributed by atoms with van der Waals surface area (Å²) >= 11 is 0. The second-order valence-electron chi connectivity index (χ2n) is 4.30. The van der Waals surface area contributed by atoms with Crippen molar-refractivity contribution in [1.29, 1.82) is 0 Å². The highest BCUT2D eigenvalue weighted by atomic mass is 16.6. The van der Waals surface area contributed by atoms with Gasteiger partial charge in [-0.1, -0.05) is 0 Å². The van der Waals surface area contributed by atoms with Crippen LogP contribution in [-0.4, -0.2) is 70.0 Å². The van der Waals surface area contributed by atoms with E-state index < -0.39 is 42.3 Å². The van der Waals surface area contributed by atoms with E-state index in [-0.39, 0.29) is 12.8 Å². The molecule has 0 bridgehead atoms. The number of esters is 2. The molecule has 138 valence electrons. The van der Waals surface area contributed by atoms with Crippen LogP contribution in [0.2, 0.25) is 0 Å². The molecule has 0 amide bonds. The molecule has 0 saturated carbocycles. The Bertz CT molecular complexity index is 428. The number of aliphatic hydroxyl groups is 1. The first-order chi connectivity index (χ1) is 11.2. The summed E-state index contributed by atoms with van der Waals surface area (Å²) in [5.74, 6) is -5.16. The molecule has 24 heavy (non-hydrogen) atoms. The van der Waals surface area contributed by atoms with Gasteiger partial charge < -0.3 is 30.5 Å². The zero-order chi connectivity index (χ0) is 19.1. The number of aliphatic carboxylic acids is 3. The second kappa shape index (κ2) is 14.1. The van der Waals surface area contributed by atoms with Crippen molar-refractivity contribution in [2.45, 2.75) is 38.1 Å². The van der Waals surface area contributed by atoms with Gasteiger partial charge in [0.05, 0.1) is 12.8 Å². The van der Waals surface area contributed by atoms with Crippen molar-refractivity contribution >= 4 is 29.8 Å². The average molecular weight is 351 g/mol. The van der Waals surface area contributed by atoms with Crippen molar-refractivity contribution in [3.8, 4) is 0 Å². The Hall–Kier alpha value is -2.53. The molecule has 0 aliphatic carbocycles. The van der Waals surface area contributed by atoms with Crippen LogP contribution in [0, 0.1) is 0 Å². The van der Waals surface area contributed by atoms with E-state index in [4.69, 9.17) is 20.4 Å². The lowest BCUT2D eigenvalue weighted by Gasteiger charge is -2.07. The van der Waals surface area contributed by atoms with Crippen LogP contribution >= 0.6 is 0 Å². The minimum absolute atomic E-state index is 0.296. The Morgan fingerprint density at radius 1 is 0.958 bits per heavy atom. The zero-order valence-corrected chi connectivity index (χ0v) is 13.1. The van der Waals surface area contributed by atoms with E-state index >= 15 is 0 Å². The van der Waals surface area contributed by atoms with Crippen LogP contribution < -0.4 is 5.32 Å². The molecule has 0 aromatic rings. The highest BCUT2D eigenvalue weighted by Crippen LogP contribution is 2.06. The lowest BCUT2D eigenvalue weighted by Crippen LogP contribution is -2.34. The third kappa shape index (κ3) is 14.4. The van der Waals surface area contributed by atoms with E-state index in [9.17, 15) is 24.0 Å². The normalized spacial score (nSPS) is 15.0. The van der Waals surface area contributed by atoms with Crippen LogP contribution in [0.15, 0.2) is 0 Å². The number of carboxylic acid groups (broad SMARTS) is 3. The number of hydrogen-bond acceptors (Lipinski definition) is 8. The number of carbonyl (C=O) groups excluding carboxylic acids is 2. The SMILES string of the molecule is CO.O=C(O)CC(=O)OC(=O)[C@@H]1CCCN1.O=C(O)CCC(=O)O. The van der Waals surface area contributed by atoms with Crippen molar-refractivity contribution in [2.75, 3.05) is 13.7 Å². The summed E-state index contributed by atoms with van der Waals surface area (Å²) in [5.41, 5.74) is 0. The molecule has 0 aromatic heterocycles. The molecule has 1 aliphatic rings. The number of carbonyl (C=O) groups is 5. The Balaban J connectivity index is 0. The molecule has 1 atom stereocenters. The summed E-state index contributed by atoms with van der Waals surface area (Å²) < 4.78 is 4.32. The summed E-state index contributed by atoms with van der Waals surface area (Å²) in [6.45, 7) is 0.715. The third-order valence-corrected chi connectivity index (χ3v) is 2.41. The molecule has 0 radical (unpaired) electrons. The summed E-state index contributed by atoms with van der Waals surface area (Å²) in [5, 5.41) is 33.9. The maximum Gasteiger partial charge on any atom is 0.330 e. The molecule has 1 aliphatic heterocycles. The number of aliphatic hydroxyl groups excluding tert-OH is 1. The van der Waals surface area contributed by atoms with Gasteiger partial charge in [0.2, 0.25) is 0 Å². The van der Waals surface area contributed by atoms with Gasteiger partial charge >= 0.3 is 29.8 Å². The summed E-state index contributed by atoms with van der Waals surface area (Å²) in [6, 6.07) is -0.465. The molecular formula is C13H21NO10. The zero-order valence-electron chi connectivity index (χ0n) is 13.1. The molecule has 1 rings (SSSR count). The van der Waals surface area contributed by atoms with Crippen molar-refractivity contribution in [1.82, 2.24) is 5.32 Å². The monoisotopic (exact) mass is 351 g/mol. The van der Waals surface area contributed by atoms with E-state index in [1.54, 1.807) is 0 Å². The van der Waals surface area contributed by atoms with Crippen molar-refractivity contribution in [2.24, 2.45) is 0 Å². The standard InChI is InChI=1S/C8H11NO5.C4H6O4.CH4O/c10-6(11)4-7(12)14-8(13)5-2-1-3-9-5;5-3(6)1-2-4(7)8;1-2/h5,9H,1-4H2,(H,10,11);1-2H2,(H,5,6)(H,7,8);2H,1H3/t5-;;/m0../s1. The second-order valence-corrected chi connectivity index (χ2v) is 4.30. The number of hydrogen-bond donors (Lipinski definition) is 5. The number of ether oxygens (including phenoxy) is 1. The van der Waals surface area contributed by atoms with Crippen LogP contribution in [0.3, 0.4) is 0 Å². The smallest absolute Gasteiger partial charge is 0.330 e. The molecule has 5 N–H and O–H groups in total. The van der Waals surface area contributed by atoms with E-state index in [0.717, 1.165) is 13.5 Å². The molecule has 0 spiro atoms. The van der Waals surface area contributed by atoms with Gasteiger partial charge in [0.15, 0.2) is 0 Å². The van der Waals surface area contributed by atoms with Gasteiger partial charge in [-0.25, -0.2) is 4.79 Å². The average Bonchev–Trinajstić information content (AvgIpc) is 3.01. The van der Waals surface area contributed by atoms with Gasteiger partial charge in [-0.15, -0.1) is 0 Å². The fraction of sp³-hybridized carbons (Fsp3) is 0.615. The Morgan fingerprint density at radius 2 is 1.46 bits per heavy atom. The first-order valence-electron chi connectivity index (χ1n) is 6.80. The van der Waals surface area contributed by atoms with Crippen molar-refractivity contribution < 1.29 is 49.1 Å². The Labute approximate surface area is 137 Å². The van der Waals surface area contributed by atoms with Gasteiger partial charge in [-0.3, -0.25) is 19.2 Å². The van der Waals surface area contributed by atoms with Gasteiger partial charge in [-0.05, 0) is 19.4 Å². The molecule has 1 heterocycles. The predicted octanol–water partition coefficient (Wildman–Crippen LogP) is -1.17. The van der Waals surface area contributed by atoms with Gasteiger partial charge in [0.25, 0.3) is 0 Å². The lowest BCUT2D eigenvalue weighted by atomic mass is 10.2. The summed E-state index contributed by atoms with van der Waals surface area (Å²) in [6.07, 6.45) is 0.106. The van der Waals surface area contributed by atoms with Gasteiger partial charge in [0.1, 0.15) is 12.5 Å². The van der Waals surface area contributed by atoms with Crippen molar-refractivity contribution in [3.63, 3.8) is 0 Å². The Kier molecular flexibility index (Phi) is 13.9.